The molecule has 0 radical (unpaired) electrons. The van der Waals surface area contributed by atoms with Gasteiger partial charge in [0.2, 0.25) is 5.91 Å². The van der Waals surface area contributed by atoms with Gasteiger partial charge in [0.05, 0.1) is 0 Å². The van der Waals surface area contributed by atoms with E-state index < -0.39 is 18.0 Å². The van der Waals surface area contributed by atoms with Crippen molar-refractivity contribution in [2.24, 2.45) is 0 Å². The van der Waals surface area contributed by atoms with Crippen LogP contribution >= 0.6 is 0 Å². The number of carbonyl (C=O) groups excluding carboxylic acids is 2. The summed E-state index contributed by atoms with van der Waals surface area (Å²) in [5.74, 6) is 0.626. The van der Waals surface area contributed by atoms with Gasteiger partial charge in [0.15, 0.2) is 0 Å². The monoisotopic (exact) mass is 255 g/mol. The number of rotatable bonds is 6. The Kier molecular flexibility index (Phi) is 6.96. The van der Waals surface area contributed by atoms with Crippen LogP contribution in [0.1, 0.15) is 13.3 Å². The Hall–Kier alpha value is -2.23. The van der Waals surface area contributed by atoms with Crippen molar-refractivity contribution in [2.45, 2.75) is 19.4 Å². The van der Waals surface area contributed by atoms with Gasteiger partial charge in [0.1, 0.15) is 12.6 Å². The number of hydrogen-bond donors (Lipinski definition) is 3. The highest BCUT2D eigenvalue weighted by Crippen LogP contribution is 1.93. The topological polar surface area (TPSA) is 98.7 Å². The lowest BCUT2D eigenvalue weighted by Gasteiger charge is -2.19. The van der Waals surface area contributed by atoms with Gasteiger partial charge in [-0.3, -0.25) is 4.79 Å². The molecule has 1 atom stereocenters. The number of urea groups is 1. The zero-order chi connectivity index (χ0) is 14.1. The van der Waals surface area contributed by atoms with Gasteiger partial charge in [-0.15, -0.1) is 12.3 Å². The van der Waals surface area contributed by atoms with E-state index >= 15 is 0 Å². The van der Waals surface area contributed by atoms with Gasteiger partial charge in [-0.2, -0.15) is 0 Å². The number of carboxylic acid groups (broad SMARTS) is 1. The Morgan fingerprint density at radius 3 is 2.50 bits per heavy atom. The Balaban J connectivity index is 4.33. The van der Waals surface area contributed by atoms with E-state index in [-0.39, 0.29) is 18.9 Å². The summed E-state index contributed by atoms with van der Waals surface area (Å²) >= 11 is 0. The average Bonchev–Trinajstić information content (AvgIpc) is 2.28. The fraction of sp³-hybridized carbons (Fsp3) is 0.545. The van der Waals surface area contributed by atoms with Gasteiger partial charge in [-0.05, 0) is 6.92 Å². The van der Waals surface area contributed by atoms with E-state index in [1.807, 2.05) is 0 Å². The maximum atomic E-state index is 11.6. The number of carbonyl (C=O) groups is 3. The second-order valence-electron chi connectivity index (χ2n) is 3.56. The van der Waals surface area contributed by atoms with Crippen LogP contribution in [-0.4, -0.2) is 54.1 Å². The molecular weight excluding hydrogens is 238 g/mol. The molecule has 1 unspecified atom stereocenters. The predicted molar refractivity (Wildman–Crippen MR) is 64.7 cm³/mol. The number of amides is 3. The highest BCUT2D eigenvalue weighted by atomic mass is 16.4. The summed E-state index contributed by atoms with van der Waals surface area (Å²) in [4.78, 5) is 34.6. The molecule has 7 heteroatoms. The van der Waals surface area contributed by atoms with E-state index in [4.69, 9.17) is 11.5 Å². The summed E-state index contributed by atoms with van der Waals surface area (Å²) < 4.78 is 0. The van der Waals surface area contributed by atoms with Gasteiger partial charge in [0.25, 0.3) is 0 Å². The highest BCUT2D eigenvalue weighted by Gasteiger charge is 2.21. The fourth-order valence-corrected chi connectivity index (χ4v) is 1.12. The second kappa shape index (κ2) is 7.95. The molecule has 0 fully saturated rings. The van der Waals surface area contributed by atoms with E-state index in [0.29, 0.717) is 6.54 Å². The van der Waals surface area contributed by atoms with Crippen molar-refractivity contribution >= 4 is 17.9 Å². The molecule has 3 N–H and O–H groups in total. The van der Waals surface area contributed by atoms with E-state index in [2.05, 4.69) is 16.6 Å². The Labute approximate surface area is 106 Å². The molecule has 0 aliphatic carbocycles. The first-order chi connectivity index (χ1) is 8.42. The number of carboxylic acids is 1. The minimum Gasteiger partial charge on any atom is -0.480 e. The SMILES string of the molecule is C#CCC(NC(=O)N(C)CC(=O)NCC)C(=O)O. The van der Waals surface area contributed by atoms with Gasteiger partial charge < -0.3 is 20.6 Å². The van der Waals surface area contributed by atoms with E-state index in [0.717, 1.165) is 4.90 Å². The molecule has 0 saturated heterocycles. The molecule has 0 aliphatic heterocycles. The van der Waals surface area contributed by atoms with Crippen LogP contribution in [-0.2, 0) is 9.59 Å². The van der Waals surface area contributed by atoms with Crippen LogP contribution in [0.4, 0.5) is 4.79 Å². The highest BCUT2D eigenvalue weighted by molar-refractivity contribution is 5.86. The third kappa shape index (κ3) is 5.75. The fourth-order valence-electron chi connectivity index (χ4n) is 1.12. The average molecular weight is 255 g/mol. The molecule has 0 rings (SSSR count). The van der Waals surface area contributed by atoms with Gasteiger partial charge in [0, 0.05) is 20.0 Å². The smallest absolute Gasteiger partial charge is 0.327 e. The molecule has 18 heavy (non-hydrogen) atoms. The zero-order valence-corrected chi connectivity index (χ0v) is 10.4. The van der Waals surface area contributed by atoms with Crippen molar-refractivity contribution < 1.29 is 19.5 Å². The molecule has 0 aliphatic rings. The minimum absolute atomic E-state index is 0.115. The summed E-state index contributed by atoms with van der Waals surface area (Å²) in [7, 11) is 1.39. The van der Waals surface area contributed by atoms with Crippen LogP contribution in [0.25, 0.3) is 0 Å². The summed E-state index contributed by atoms with van der Waals surface area (Å²) in [6, 6.07) is -1.82. The first-order valence-corrected chi connectivity index (χ1v) is 5.37. The molecular formula is C11H17N3O4. The predicted octanol–water partition coefficient (Wildman–Crippen LogP) is -0.760. The lowest BCUT2D eigenvalue weighted by atomic mass is 10.2. The number of likely N-dealkylation sites (N-methyl/N-ethyl adjacent to an activating group) is 2. The summed E-state index contributed by atoms with van der Waals surface area (Å²) in [6.45, 7) is 2.07. The van der Waals surface area contributed by atoms with Crippen molar-refractivity contribution in [3.8, 4) is 12.3 Å². The molecule has 100 valence electrons. The maximum absolute atomic E-state index is 11.6. The van der Waals surface area contributed by atoms with Crippen LogP contribution < -0.4 is 10.6 Å². The number of aliphatic carboxylic acids is 1. The quantitative estimate of drug-likeness (QED) is 0.543. The standard InChI is InChI=1S/C11H17N3O4/c1-4-6-8(10(16)17)13-11(18)14(3)7-9(15)12-5-2/h1,8H,5-7H2,2-3H3,(H,12,15)(H,13,18)(H,16,17). The number of nitrogens with one attached hydrogen (secondary N) is 2. The molecule has 0 aromatic heterocycles. The third-order valence-corrected chi connectivity index (χ3v) is 2.02. The Bertz CT molecular complexity index is 362. The van der Waals surface area contributed by atoms with E-state index in [9.17, 15) is 14.4 Å². The van der Waals surface area contributed by atoms with Crippen LogP contribution in [0.15, 0.2) is 0 Å². The number of hydrogen-bond acceptors (Lipinski definition) is 3. The van der Waals surface area contributed by atoms with Crippen LogP contribution in [0.5, 0.6) is 0 Å². The molecule has 7 nitrogen and oxygen atoms in total. The molecule has 3 amide bonds. The second-order valence-corrected chi connectivity index (χ2v) is 3.56. The van der Waals surface area contributed by atoms with Crippen molar-refractivity contribution in [2.75, 3.05) is 20.1 Å². The summed E-state index contributed by atoms with van der Waals surface area (Å²) in [6.07, 6.45) is 4.88. The first kappa shape index (κ1) is 15.8. The van der Waals surface area contributed by atoms with Gasteiger partial charge >= 0.3 is 12.0 Å². The van der Waals surface area contributed by atoms with Crippen molar-refractivity contribution in [3.05, 3.63) is 0 Å². The third-order valence-electron chi connectivity index (χ3n) is 2.02. The zero-order valence-electron chi connectivity index (χ0n) is 10.4. The van der Waals surface area contributed by atoms with E-state index in [1.54, 1.807) is 6.92 Å². The molecule has 0 heterocycles. The largest absolute Gasteiger partial charge is 0.480 e. The summed E-state index contributed by atoms with van der Waals surface area (Å²) in [5.41, 5.74) is 0. The summed E-state index contributed by atoms with van der Waals surface area (Å²) in [5, 5.41) is 13.5. The minimum atomic E-state index is -1.22. The van der Waals surface area contributed by atoms with Gasteiger partial charge in [-0.25, -0.2) is 9.59 Å². The van der Waals surface area contributed by atoms with Gasteiger partial charge in [-0.1, -0.05) is 0 Å². The van der Waals surface area contributed by atoms with Crippen LogP contribution in [0.2, 0.25) is 0 Å². The molecule has 0 spiro atoms. The van der Waals surface area contributed by atoms with E-state index in [1.165, 1.54) is 7.05 Å². The number of terminal acetylenes is 1. The normalized spacial score (nSPS) is 10.9. The Morgan fingerprint density at radius 2 is 2.06 bits per heavy atom. The van der Waals surface area contributed by atoms with Crippen molar-refractivity contribution in [3.63, 3.8) is 0 Å². The lowest BCUT2D eigenvalue weighted by molar-refractivity contribution is -0.139. The first-order valence-electron chi connectivity index (χ1n) is 5.37. The molecule has 0 bridgehead atoms. The van der Waals surface area contributed by atoms with Crippen molar-refractivity contribution in [1.29, 1.82) is 0 Å². The molecule has 0 saturated carbocycles. The van der Waals surface area contributed by atoms with Crippen LogP contribution in [0, 0.1) is 12.3 Å². The Morgan fingerprint density at radius 1 is 1.44 bits per heavy atom. The van der Waals surface area contributed by atoms with Crippen molar-refractivity contribution in [1.82, 2.24) is 15.5 Å². The number of nitrogens with zero attached hydrogens (tertiary/aromatic N) is 1. The molecule has 0 aromatic rings. The maximum Gasteiger partial charge on any atom is 0.327 e. The lowest BCUT2D eigenvalue weighted by Crippen LogP contribution is -2.49. The molecule has 0 aromatic carbocycles. The van der Waals surface area contributed by atoms with Crippen LogP contribution in [0.3, 0.4) is 0 Å².